The fraction of sp³-hybridized carbons (Fsp3) is 0.522. The summed E-state index contributed by atoms with van der Waals surface area (Å²) in [4.78, 5) is 27.2. The lowest BCUT2D eigenvalue weighted by atomic mass is 10.0. The summed E-state index contributed by atoms with van der Waals surface area (Å²) in [5.74, 6) is 0.835. The first-order valence-corrected chi connectivity index (χ1v) is 10.9. The molecule has 0 spiro atoms. The van der Waals surface area contributed by atoms with Crippen molar-refractivity contribution in [3.63, 3.8) is 0 Å². The van der Waals surface area contributed by atoms with E-state index in [2.05, 4.69) is 10.4 Å². The number of nitrogens with zero attached hydrogens (tertiary/aromatic N) is 3. The quantitative estimate of drug-likeness (QED) is 0.729. The first-order valence-electron chi connectivity index (χ1n) is 10.9. The Morgan fingerprint density at radius 2 is 1.81 bits per heavy atom. The van der Waals surface area contributed by atoms with Crippen molar-refractivity contribution in [2.45, 2.75) is 53.2 Å². The lowest BCUT2D eigenvalue weighted by molar-refractivity contribution is 0.0222. The number of benzene rings is 1. The summed E-state index contributed by atoms with van der Waals surface area (Å²) >= 11 is 0. The smallest absolute Gasteiger partial charge is 0.410 e. The third-order valence-corrected chi connectivity index (χ3v) is 4.91. The van der Waals surface area contributed by atoms with E-state index >= 15 is 0 Å². The predicted octanol–water partition coefficient (Wildman–Crippen LogP) is 3.76. The molecular weight excluding hydrogens is 412 g/mol. The summed E-state index contributed by atoms with van der Waals surface area (Å²) in [7, 11) is 1.81. The molecule has 1 aromatic heterocycles. The molecule has 0 fully saturated rings. The fourth-order valence-corrected chi connectivity index (χ4v) is 3.58. The Morgan fingerprint density at radius 3 is 2.47 bits per heavy atom. The van der Waals surface area contributed by atoms with Crippen molar-refractivity contribution in [1.82, 2.24) is 14.7 Å². The van der Waals surface area contributed by atoms with Crippen molar-refractivity contribution in [2.24, 2.45) is 7.05 Å². The van der Waals surface area contributed by atoms with Gasteiger partial charge in [0, 0.05) is 43.0 Å². The van der Waals surface area contributed by atoms with E-state index in [1.165, 1.54) is 0 Å². The van der Waals surface area contributed by atoms with E-state index in [1.807, 2.05) is 41.7 Å². The molecule has 0 saturated carbocycles. The molecule has 0 bridgehead atoms. The van der Waals surface area contributed by atoms with Gasteiger partial charge in [-0.15, -0.1) is 0 Å². The van der Waals surface area contributed by atoms with Gasteiger partial charge in [0.15, 0.2) is 17.2 Å². The van der Waals surface area contributed by atoms with E-state index in [-0.39, 0.29) is 12.5 Å². The Balaban J connectivity index is 1.81. The van der Waals surface area contributed by atoms with Gasteiger partial charge in [-0.2, -0.15) is 5.10 Å². The maximum absolute atomic E-state index is 13.1. The number of hydrogen-bond donors (Lipinski definition) is 1. The second-order valence-electron chi connectivity index (χ2n) is 8.53. The molecule has 1 aliphatic rings. The molecule has 9 heteroatoms. The highest BCUT2D eigenvalue weighted by Gasteiger charge is 2.31. The maximum atomic E-state index is 13.1. The molecule has 2 amide bonds. The normalized spacial score (nSPS) is 13.4. The Hall–Kier alpha value is -3.23. The van der Waals surface area contributed by atoms with Crippen molar-refractivity contribution in [2.75, 3.05) is 25.1 Å². The number of aryl methyl sites for hydroxylation is 1. The standard InChI is InChI=1S/C23H32N4O5/c1-7-30-18-10-9-15(13-19(18)31-8-2)24-21(28)20-16-14-27(22(29)32-23(3,4)5)12-11-17(16)26(6)25-20/h9-10,13H,7-8,11-12,14H2,1-6H3,(H,24,28). The summed E-state index contributed by atoms with van der Waals surface area (Å²) in [6.07, 6.45) is 0.203. The third kappa shape index (κ3) is 5.33. The van der Waals surface area contributed by atoms with Gasteiger partial charge in [-0.1, -0.05) is 0 Å². The lowest BCUT2D eigenvalue weighted by Crippen LogP contribution is -2.40. The van der Waals surface area contributed by atoms with Gasteiger partial charge in [-0.05, 0) is 46.8 Å². The topological polar surface area (TPSA) is 94.9 Å². The van der Waals surface area contributed by atoms with Crippen LogP contribution in [0.15, 0.2) is 18.2 Å². The van der Waals surface area contributed by atoms with Gasteiger partial charge in [-0.3, -0.25) is 9.48 Å². The van der Waals surface area contributed by atoms with Crippen LogP contribution in [0.1, 0.15) is 56.4 Å². The number of fused-ring (bicyclic) bond motifs is 1. The third-order valence-electron chi connectivity index (χ3n) is 4.91. The number of nitrogens with one attached hydrogen (secondary N) is 1. The minimum atomic E-state index is -0.585. The summed E-state index contributed by atoms with van der Waals surface area (Å²) in [6.45, 7) is 11.1. The number of anilines is 1. The van der Waals surface area contributed by atoms with E-state index < -0.39 is 11.7 Å². The van der Waals surface area contributed by atoms with Crippen LogP contribution in [0.4, 0.5) is 10.5 Å². The van der Waals surface area contributed by atoms with Crippen molar-refractivity contribution in [1.29, 1.82) is 0 Å². The first kappa shape index (κ1) is 23.4. The Bertz CT molecular complexity index is 993. The zero-order valence-electron chi connectivity index (χ0n) is 19.7. The highest BCUT2D eigenvalue weighted by atomic mass is 16.6. The number of carbonyl (C=O) groups excluding carboxylic acids is 2. The number of aromatic nitrogens is 2. The van der Waals surface area contributed by atoms with Gasteiger partial charge in [0.25, 0.3) is 5.91 Å². The second kappa shape index (κ2) is 9.50. The molecule has 0 saturated heterocycles. The minimum Gasteiger partial charge on any atom is -0.490 e. The fourth-order valence-electron chi connectivity index (χ4n) is 3.58. The van der Waals surface area contributed by atoms with Crippen molar-refractivity contribution in [3.8, 4) is 11.5 Å². The number of ether oxygens (including phenoxy) is 3. The minimum absolute atomic E-state index is 0.272. The van der Waals surface area contributed by atoms with E-state index in [9.17, 15) is 9.59 Å². The van der Waals surface area contributed by atoms with E-state index in [1.54, 1.807) is 27.8 Å². The van der Waals surface area contributed by atoms with Crippen LogP contribution < -0.4 is 14.8 Å². The van der Waals surface area contributed by atoms with Crippen molar-refractivity contribution in [3.05, 3.63) is 35.2 Å². The monoisotopic (exact) mass is 444 g/mol. The molecule has 9 nitrogen and oxygen atoms in total. The average molecular weight is 445 g/mol. The van der Waals surface area contributed by atoms with Crippen LogP contribution in [0.2, 0.25) is 0 Å². The number of amides is 2. The summed E-state index contributed by atoms with van der Waals surface area (Å²) < 4.78 is 18.4. The highest BCUT2D eigenvalue weighted by molar-refractivity contribution is 6.04. The number of rotatable bonds is 6. The second-order valence-corrected chi connectivity index (χ2v) is 8.53. The molecule has 32 heavy (non-hydrogen) atoms. The molecule has 2 aromatic rings. The number of hydrogen-bond acceptors (Lipinski definition) is 6. The van der Waals surface area contributed by atoms with Gasteiger partial charge < -0.3 is 24.4 Å². The van der Waals surface area contributed by atoms with Gasteiger partial charge in [-0.25, -0.2) is 4.79 Å². The molecule has 1 aromatic carbocycles. The van der Waals surface area contributed by atoms with Gasteiger partial charge >= 0.3 is 6.09 Å². The summed E-state index contributed by atoms with van der Waals surface area (Å²) in [5.41, 5.74) is 1.96. The highest BCUT2D eigenvalue weighted by Crippen LogP contribution is 2.31. The largest absolute Gasteiger partial charge is 0.490 e. The zero-order valence-corrected chi connectivity index (χ0v) is 19.7. The Labute approximate surface area is 188 Å². The molecule has 0 unspecified atom stereocenters. The Kier molecular flexibility index (Phi) is 6.96. The molecule has 3 rings (SSSR count). The van der Waals surface area contributed by atoms with E-state index in [0.717, 1.165) is 11.3 Å². The van der Waals surface area contributed by atoms with E-state index in [0.29, 0.717) is 49.1 Å². The zero-order chi connectivity index (χ0) is 23.5. The molecular formula is C23H32N4O5. The van der Waals surface area contributed by atoms with Crippen LogP contribution in [-0.4, -0.2) is 52.0 Å². The predicted molar refractivity (Wildman–Crippen MR) is 120 cm³/mol. The molecule has 2 heterocycles. The van der Waals surface area contributed by atoms with Gasteiger partial charge in [0.1, 0.15) is 5.60 Å². The van der Waals surface area contributed by atoms with Crippen molar-refractivity contribution >= 4 is 17.7 Å². The summed E-state index contributed by atoms with van der Waals surface area (Å²) in [6, 6.07) is 5.25. The molecule has 0 radical (unpaired) electrons. The first-order chi connectivity index (χ1) is 15.1. The van der Waals surface area contributed by atoms with Gasteiger partial charge in [0.2, 0.25) is 0 Å². The SMILES string of the molecule is CCOc1ccc(NC(=O)c2nn(C)c3c2CN(C(=O)OC(C)(C)C)CC3)cc1OCC. The van der Waals surface area contributed by atoms with Crippen LogP contribution >= 0.6 is 0 Å². The summed E-state index contributed by atoms with van der Waals surface area (Å²) in [5, 5.41) is 7.32. The maximum Gasteiger partial charge on any atom is 0.410 e. The molecule has 0 atom stereocenters. The molecule has 1 N–H and O–H groups in total. The van der Waals surface area contributed by atoms with E-state index in [4.69, 9.17) is 14.2 Å². The van der Waals surface area contributed by atoms with Gasteiger partial charge in [0.05, 0.1) is 19.8 Å². The molecule has 174 valence electrons. The molecule has 1 aliphatic heterocycles. The van der Waals surface area contributed by atoms with Crippen LogP contribution in [0.25, 0.3) is 0 Å². The lowest BCUT2D eigenvalue weighted by Gasteiger charge is -2.30. The molecule has 0 aliphatic carbocycles. The number of carbonyl (C=O) groups is 2. The van der Waals surface area contributed by atoms with Crippen LogP contribution in [0.3, 0.4) is 0 Å². The van der Waals surface area contributed by atoms with Crippen LogP contribution in [0, 0.1) is 0 Å². The Morgan fingerprint density at radius 1 is 1.12 bits per heavy atom. The average Bonchev–Trinajstić information content (AvgIpc) is 3.05. The van der Waals surface area contributed by atoms with Crippen LogP contribution in [0.5, 0.6) is 11.5 Å². The van der Waals surface area contributed by atoms with Crippen LogP contribution in [-0.2, 0) is 24.8 Å². The van der Waals surface area contributed by atoms with Crippen molar-refractivity contribution < 1.29 is 23.8 Å².